The highest BCUT2D eigenvalue weighted by atomic mass is 19.1. The number of methoxy groups -OCH3 is 1. The average molecular weight is 689 g/mol. The Balaban J connectivity index is 1.13. The summed E-state index contributed by atoms with van der Waals surface area (Å²) in [5, 5.41) is 9.52. The normalized spacial score (nSPS) is 17.4. The van der Waals surface area contributed by atoms with Gasteiger partial charge in [-0.25, -0.2) is 13.6 Å². The number of halogens is 2. The Hall–Kier alpha value is -5.30. The number of amides is 1. The van der Waals surface area contributed by atoms with Crippen LogP contribution in [-0.4, -0.2) is 77.9 Å². The first-order chi connectivity index (χ1) is 23.9. The van der Waals surface area contributed by atoms with Crippen molar-refractivity contribution in [2.45, 2.75) is 50.7 Å². The number of carbonyl (C=O) groups is 3. The molecule has 2 fully saturated rings. The third-order valence-corrected chi connectivity index (χ3v) is 9.45. The number of carboxylic acid groups (broad SMARTS) is 1. The number of benzene rings is 3. The Morgan fingerprint density at radius 1 is 1.04 bits per heavy atom. The molecule has 1 aliphatic heterocycles. The van der Waals surface area contributed by atoms with Gasteiger partial charge in [0.15, 0.2) is 11.6 Å². The first kappa shape index (κ1) is 34.6. The van der Waals surface area contributed by atoms with Crippen LogP contribution < -0.4 is 20.8 Å². The summed E-state index contributed by atoms with van der Waals surface area (Å²) >= 11 is 0. The first-order valence-electron chi connectivity index (χ1n) is 16.4. The molecular weight excluding hydrogens is 650 g/mol. The van der Waals surface area contributed by atoms with Gasteiger partial charge in [-0.1, -0.05) is 42.5 Å². The van der Waals surface area contributed by atoms with Crippen LogP contribution in [0, 0.1) is 11.6 Å². The molecule has 3 atom stereocenters. The third-order valence-electron chi connectivity index (χ3n) is 9.45. The second-order valence-corrected chi connectivity index (χ2v) is 12.8. The lowest BCUT2D eigenvalue weighted by atomic mass is 9.97. The molecule has 50 heavy (non-hydrogen) atoms. The number of rotatable bonds is 10. The minimum absolute atomic E-state index is 0.0447. The first-order valence-corrected chi connectivity index (χ1v) is 16.4. The van der Waals surface area contributed by atoms with Crippen molar-refractivity contribution in [3.63, 3.8) is 0 Å². The van der Waals surface area contributed by atoms with Crippen LogP contribution in [0.3, 0.4) is 0 Å². The molecule has 262 valence electrons. The minimum Gasteiger partial charge on any atom is -0.492 e. The number of pyridine rings is 1. The number of ether oxygens (including phenoxy) is 2. The van der Waals surface area contributed by atoms with Crippen molar-refractivity contribution in [3.05, 3.63) is 93.8 Å². The number of nitrogens with two attached hydrogens (primary N) is 1. The van der Waals surface area contributed by atoms with Gasteiger partial charge in [-0.3, -0.25) is 14.4 Å². The lowest BCUT2D eigenvalue weighted by molar-refractivity contribution is -0.148. The monoisotopic (exact) mass is 688 g/mol. The number of carbonyl (C=O) groups excluding carboxylic acids is 2. The van der Waals surface area contributed by atoms with Crippen LogP contribution >= 0.6 is 0 Å². The standard InChI is InChI=1S/C37H38F2N4O7/c1-20-17-41(32-29(39)16-26-31(34(32)49-3)43(24-10-11-24)18-27(33(26)44)36(46)47)13-14-42(20)35(45)30(40)19-50-37(48)21(2)23-9-12-25(28(38)15-23)22-7-5-4-6-8-22/h4-9,12,15-16,18,20-21,24,30H,10-11,13-14,17,19,40H2,1-3H3,(H,46,47). The van der Waals surface area contributed by atoms with Gasteiger partial charge in [0, 0.05) is 43.5 Å². The van der Waals surface area contributed by atoms with Gasteiger partial charge in [-0.2, -0.15) is 0 Å². The summed E-state index contributed by atoms with van der Waals surface area (Å²) in [6.07, 6.45) is 2.85. The molecule has 6 rings (SSSR count). The number of hydrogen-bond donors (Lipinski definition) is 2. The van der Waals surface area contributed by atoms with E-state index < -0.39 is 58.5 Å². The van der Waals surface area contributed by atoms with E-state index in [1.165, 1.54) is 19.4 Å². The van der Waals surface area contributed by atoms with Gasteiger partial charge in [-0.05, 0) is 49.9 Å². The Bertz CT molecular complexity index is 2030. The van der Waals surface area contributed by atoms with Gasteiger partial charge in [0.05, 0.1) is 23.9 Å². The SMILES string of the molecule is COc1c(N2CCN(C(=O)C(N)COC(=O)C(C)c3ccc(-c4ccccc4)c(F)c3)C(C)C2)c(F)cc2c(=O)c(C(=O)O)cn(C3CC3)c12. The highest BCUT2D eigenvalue weighted by Gasteiger charge is 2.36. The molecule has 1 saturated heterocycles. The number of aromatic carboxylic acids is 1. The number of aromatic nitrogens is 1. The molecule has 1 amide bonds. The molecule has 11 nitrogen and oxygen atoms in total. The van der Waals surface area contributed by atoms with Crippen molar-refractivity contribution in [2.75, 3.05) is 38.3 Å². The van der Waals surface area contributed by atoms with E-state index in [1.807, 2.05) is 18.2 Å². The van der Waals surface area contributed by atoms with Crippen molar-refractivity contribution in [2.24, 2.45) is 5.73 Å². The van der Waals surface area contributed by atoms with Gasteiger partial charge in [0.1, 0.15) is 29.7 Å². The Morgan fingerprint density at radius 3 is 2.38 bits per heavy atom. The van der Waals surface area contributed by atoms with Crippen LogP contribution in [0.5, 0.6) is 5.75 Å². The number of carboxylic acids is 1. The largest absolute Gasteiger partial charge is 0.492 e. The van der Waals surface area contributed by atoms with Gasteiger partial charge in [0.2, 0.25) is 11.3 Å². The zero-order chi connectivity index (χ0) is 35.9. The number of fused-ring (bicyclic) bond motifs is 1. The summed E-state index contributed by atoms with van der Waals surface area (Å²) in [6, 6.07) is 13.0. The topological polar surface area (TPSA) is 144 Å². The average Bonchev–Trinajstić information content (AvgIpc) is 3.95. The minimum atomic E-state index is -1.39. The molecule has 3 N–H and O–H groups in total. The van der Waals surface area contributed by atoms with E-state index in [-0.39, 0.29) is 49.1 Å². The van der Waals surface area contributed by atoms with Gasteiger partial charge in [0.25, 0.3) is 0 Å². The van der Waals surface area contributed by atoms with E-state index >= 15 is 4.39 Å². The Labute approximate surface area is 286 Å². The molecule has 1 aliphatic carbocycles. The van der Waals surface area contributed by atoms with Crippen molar-refractivity contribution >= 4 is 34.4 Å². The molecule has 3 unspecified atom stereocenters. The Morgan fingerprint density at radius 2 is 1.76 bits per heavy atom. The number of hydrogen-bond acceptors (Lipinski definition) is 8. The number of piperazine rings is 1. The third kappa shape index (κ3) is 6.52. The maximum Gasteiger partial charge on any atom is 0.341 e. The molecule has 3 aromatic carbocycles. The molecule has 2 heterocycles. The highest BCUT2D eigenvalue weighted by Crippen LogP contribution is 2.44. The van der Waals surface area contributed by atoms with Gasteiger partial charge >= 0.3 is 11.9 Å². The van der Waals surface area contributed by atoms with E-state index in [0.29, 0.717) is 22.2 Å². The zero-order valence-corrected chi connectivity index (χ0v) is 27.9. The predicted octanol–water partition coefficient (Wildman–Crippen LogP) is 4.70. The van der Waals surface area contributed by atoms with E-state index in [2.05, 4.69) is 0 Å². The van der Waals surface area contributed by atoms with E-state index in [1.54, 1.807) is 52.5 Å². The number of esters is 1. The summed E-state index contributed by atoms with van der Waals surface area (Å²) < 4.78 is 43.5. The molecule has 0 bridgehead atoms. The molecule has 13 heteroatoms. The van der Waals surface area contributed by atoms with Crippen LogP contribution in [0.25, 0.3) is 22.0 Å². The smallest absolute Gasteiger partial charge is 0.341 e. The van der Waals surface area contributed by atoms with Crippen molar-refractivity contribution < 1.29 is 37.7 Å². The predicted molar refractivity (Wildman–Crippen MR) is 183 cm³/mol. The summed E-state index contributed by atoms with van der Waals surface area (Å²) in [5.74, 6) is -4.42. The fraction of sp³-hybridized carbons (Fsp3) is 0.351. The molecule has 4 aromatic rings. The van der Waals surface area contributed by atoms with E-state index in [9.17, 15) is 28.7 Å². The Kier molecular flexibility index (Phi) is 9.61. The fourth-order valence-electron chi connectivity index (χ4n) is 6.58. The molecular formula is C37H38F2N4O7. The summed E-state index contributed by atoms with van der Waals surface area (Å²) in [4.78, 5) is 54.4. The molecule has 0 radical (unpaired) electrons. The van der Waals surface area contributed by atoms with Gasteiger partial charge in [-0.15, -0.1) is 0 Å². The van der Waals surface area contributed by atoms with Crippen LogP contribution in [0.15, 0.2) is 65.6 Å². The number of anilines is 1. The van der Waals surface area contributed by atoms with Gasteiger partial charge < -0.3 is 34.7 Å². The van der Waals surface area contributed by atoms with Crippen LogP contribution in [-0.2, 0) is 14.3 Å². The van der Waals surface area contributed by atoms with Crippen molar-refractivity contribution in [1.82, 2.24) is 9.47 Å². The van der Waals surface area contributed by atoms with Crippen LogP contribution in [0.4, 0.5) is 14.5 Å². The quantitative estimate of drug-likeness (QED) is 0.227. The maximum atomic E-state index is 15.8. The number of nitrogens with zero attached hydrogens (tertiary/aromatic N) is 3. The second kappa shape index (κ2) is 13.9. The lowest BCUT2D eigenvalue weighted by Gasteiger charge is -2.42. The summed E-state index contributed by atoms with van der Waals surface area (Å²) in [5.41, 5.74) is 6.92. The van der Waals surface area contributed by atoms with E-state index in [4.69, 9.17) is 15.2 Å². The van der Waals surface area contributed by atoms with Crippen LogP contribution in [0.2, 0.25) is 0 Å². The summed E-state index contributed by atoms with van der Waals surface area (Å²) in [6.45, 7) is 3.54. The maximum absolute atomic E-state index is 15.8. The van der Waals surface area contributed by atoms with Crippen molar-refractivity contribution in [3.8, 4) is 16.9 Å². The van der Waals surface area contributed by atoms with E-state index in [0.717, 1.165) is 18.9 Å². The zero-order valence-electron chi connectivity index (χ0n) is 27.9. The molecule has 0 spiro atoms. The van der Waals surface area contributed by atoms with Crippen LogP contribution in [0.1, 0.15) is 54.6 Å². The molecule has 2 aliphatic rings. The summed E-state index contributed by atoms with van der Waals surface area (Å²) in [7, 11) is 1.37. The molecule has 1 aromatic heterocycles. The lowest BCUT2D eigenvalue weighted by Crippen LogP contribution is -2.58. The second-order valence-electron chi connectivity index (χ2n) is 12.8. The van der Waals surface area contributed by atoms with Crippen molar-refractivity contribution in [1.29, 1.82) is 0 Å². The fourth-order valence-corrected chi connectivity index (χ4v) is 6.58. The molecule has 1 saturated carbocycles. The highest BCUT2D eigenvalue weighted by molar-refractivity contribution is 5.97.